The molecule has 0 amide bonds. The van der Waals surface area contributed by atoms with Crippen LogP contribution in [0.2, 0.25) is 0 Å². The molecule has 1 saturated carbocycles. The number of ether oxygens (including phenoxy) is 1. The lowest BCUT2D eigenvalue weighted by Gasteiger charge is -2.28. The summed E-state index contributed by atoms with van der Waals surface area (Å²) in [6.07, 6.45) is 7.82. The minimum atomic E-state index is 0.659. The summed E-state index contributed by atoms with van der Waals surface area (Å²) in [6, 6.07) is 10.3. The summed E-state index contributed by atoms with van der Waals surface area (Å²) in [7, 11) is 0. The van der Waals surface area contributed by atoms with Gasteiger partial charge in [-0.15, -0.1) is 6.58 Å². The first-order valence-electron chi connectivity index (χ1n) is 7.52. The van der Waals surface area contributed by atoms with Crippen LogP contribution in [0.15, 0.2) is 36.9 Å². The number of hydrogen-bond acceptors (Lipinski definition) is 2. The van der Waals surface area contributed by atoms with Gasteiger partial charge in [-0.3, -0.25) is 0 Å². The molecule has 0 spiro atoms. The van der Waals surface area contributed by atoms with Crippen molar-refractivity contribution in [2.45, 2.75) is 38.0 Å². The van der Waals surface area contributed by atoms with Crippen LogP contribution in [0, 0.1) is 17.2 Å². The average Bonchev–Trinajstić information content (AvgIpc) is 2.52. The number of hydrogen-bond donors (Lipinski definition) is 0. The molecule has 2 nitrogen and oxygen atoms in total. The maximum Gasteiger partial charge on any atom is 0.0991 e. The smallest absolute Gasteiger partial charge is 0.0991 e. The molecule has 1 aromatic carbocycles. The second kappa shape index (κ2) is 7.87. The van der Waals surface area contributed by atoms with Gasteiger partial charge in [-0.1, -0.05) is 18.2 Å². The molecule has 2 rings (SSSR count). The van der Waals surface area contributed by atoms with Crippen molar-refractivity contribution in [1.29, 1.82) is 5.26 Å². The van der Waals surface area contributed by atoms with Crippen molar-refractivity contribution in [3.63, 3.8) is 0 Å². The Morgan fingerprint density at radius 3 is 2.50 bits per heavy atom. The van der Waals surface area contributed by atoms with Crippen LogP contribution in [-0.2, 0) is 4.74 Å². The topological polar surface area (TPSA) is 33.0 Å². The van der Waals surface area contributed by atoms with E-state index >= 15 is 0 Å². The Kier molecular flexibility index (Phi) is 5.83. The van der Waals surface area contributed by atoms with E-state index in [2.05, 4.69) is 24.8 Å². The number of nitrogens with zero attached hydrogens (tertiary/aromatic N) is 1. The lowest BCUT2D eigenvalue weighted by atomic mass is 9.79. The van der Waals surface area contributed by atoms with Gasteiger partial charge >= 0.3 is 0 Å². The molecule has 0 unspecified atom stereocenters. The summed E-state index contributed by atoms with van der Waals surface area (Å²) in [6.45, 7) is 5.40. The number of rotatable bonds is 6. The van der Waals surface area contributed by atoms with Gasteiger partial charge in [0.25, 0.3) is 0 Å². The van der Waals surface area contributed by atoms with Gasteiger partial charge in [0, 0.05) is 6.61 Å². The molecular weight excluding hydrogens is 246 g/mol. The minimum absolute atomic E-state index is 0.659. The van der Waals surface area contributed by atoms with Gasteiger partial charge in [0.05, 0.1) is 18.2 Å². The van der Waals surface area contributed by atoms with Gasteiger partial charge < -0.3 is 4.74 Å². The molecule has 0 aliphatic heterocycles. The molecule has 0 heterocycles. The third-order valence-corrected chi connectivity index (χ3v) is 4.18. The fraction of sp³-hybridized carbons (Fsp3) is 0.500. The summed E-state index contributed by atoms with van der Waals surface area (Å²) in [5.41, 5.74) is 2.13. The molecular formula is C18H23NO. The highest BCUT2D eigenvalue weighted by molar-refractivity contribution is 5.33. The maximum atomic E-state index is 8.82. The van der Waals surface area contributed by atoms with Crippen LogP contribution in [0.4, 0.5) is 0 Å². The van der Waals surface area contributed by atoms with E-state index in [-0.39, 0.29) is 0 Å². The molecule has 2 heteroatoms. The highest BCUT2D eigenvalue weighted by atomic mass is 16.5. The van der Waals surface area contributed by atoms with Crippen molar-refractivity contribution in [3.8, 4) is 6.07 Å². The van der Waals surface area contributed by atoms with Crippen molar-refractivity contribution in [2.24, 2.45) is 5.92 Å². The monoisotopic (exact) mass is 269 g/mol. The van der Waals surface area contributed by atoms with E-state index < -0.39 is 0 Å². The molecule has 0 radical (unpaired) electrons. The van der Waals surface area contributed by atoms with E-state index in [9.17, 15) is 0 Å². The minimum Gasteiger partial charge on any atom is -0.381 e. The Bertz CT molecular complexity index is 449. The van der Waals surface area contributed by atoms with Crippen molar-refractivity contribution < 1.29 is 4.74 Å². The second-order valence-corrected chi connectivity index (χ2v) is 5.60. The van der Waals surface area contributed by atoms with Crippen LogP contribution in [0.25, 0.3) is 0 Å². The summed E-state index contributed by atoms with van der Waals surface area (Å²) in [5.74, 6) is 1.38. The van der Waals surface area contributed by atoms with Gasteiger partial charge in [0.15, 0.2) is 0 Å². The fourth-order valence-electron chi connectivity index (χ4n) is 2.91. The predicted molar refractivity (Wildman–Crippen MR) is 81.5 cm³/mol. The number of nitriles is 1. The Hall–Kier alpha value is -1.59. The molecule has 1 aromatic rings. The van der Waals surface area contributed by atoms with Gasteiger partial charge in [0.2, 0.25) is 0 Å². The van der Waals surface area contributed by atoms with E-state index in [0.717, 1.165) is 31.1 Å². The van der Waals surface area contributed by atoms with E-state index in [1.807, 2.05) is 18.2 Å². The zero-order valence-corrected chi connectivity index (χ0v) is 12.1. The molecule has 1 aliphatic rings. The lowest BCUT2D eigenvalue weighted by molar-refractivity contribution is 0.0859. The van der Waals surface area contributed by atoms with Gasteiger partial charge in [0.1, 0.15) is 0 Å². The van der Waals surface area contributed by atoms with Gasteiger partial charge in [-0.05, 0) is 61.6 Å². The first-order chi connectivity index (χ1) is 9.83. The SMILES string of the molecule is C=CCCOCC1CCC(c2ccc(C#N)cc2)CC1. The van der Waals surface area contributed by atoms with Crippen molar-refractivity contribution >= 4 is 0 Å². The zero-order chi connectivity index (χ0) is 14.2. The predicted octanol–water partition coefficient (Wildman–Crippen LogP) is 4.42. The zero-order valence-electron chi connectivity index (χ0n) is 12.1. The molecule has 1 fully saturated rings. The molecule has 0 bridgehead atoms. The van der Waals surface area contributed by atoms with Crippen molar-refractivity contribution in [1.82, 2.24) is 0 Å². The normalized spacial score (nSPS) is 22.1. The number of benzene rings is 1. The molecule has 0 N–H and O–H groups in total. The van der Waals surface area contributed by atoms with Gasteiger partial charge in [-0.2, -0.15) is 5.26 Å². The maximum absolute atomic E-state index is 8.82. The first kappa shape index (κ1) is 14.8. The van der Waals surface area contributed by atoms with Crippen LogP contribution in [0.1, 0.15) is 49.1 Å². The standard InChI is InChI=1S/C18H23NO/c1-2-3-12-20-14-16-6-10-18(11-7-16)17-8-4-15(13-19)5-9-17/h2,4-5,8-9,16,18H,1,3,6-7,10-12,14H2. The van der Waals surface area contributed by atoms with E-state index in [4.69, 9.17) is 10.00 Å². The molecule has 0 atom stereocenters. The quantitative estimate of drug-likeness (QED) is 0.565. The molecule has 20 heavy (non-hydrogen) atoms. The van der Waals surface area contributed by atoms with E-state index in [1.54, 1.807) is 0 Å². The first-order valence-corrected chi connectivity index (χ1v) is 7.52. The summed E-state index contributed by atoms with van der Waals surface area (Å²) >= 11 is 0. The Balaban J connectivity index is 1.76. The summed E-state index contributed by atoms with van der Waals surface area (Å²) < 4.78 is 5.68. The second-order valence-electron chi connectivity index (χ2n) is 5.60. The van der Waals surface area contributed by atoms with Crippen LogP contribution in [0.3, 0.4) is 0 Å². The van der Waals surface area contributed by atoms with E-state index in [0.29, 0.717) is 5.92 Å². The van der Waals surface area contributed by atoms with Crippen molar-refractivity contribution in [3.05, 3.63) is 48.0 Å². The van der Waals surface area contributed by atoms with Crippen LogP contribution >= 0.6 is 0 Å². The highest BCUT2D eigenvalue weighted by Crippen LogP contribution is 2.35. The molecule has 106 valence electrons. The van der Waals surface area contributed by atoms with E-state index in [1.165, 1.54) is 31.2 Å². The summed E-state index contributed by atoms with van der Waals surface area (Å²) in [5, 5.41) is 8.82. The van der Waals surface area contributed by atoms with Crippen LogP contribution in [0.5, 0.6) is 0 Å². The highest BCUT2D eigenvalue weighted by Gasteiger charge is 2.22. The van der Waals surface area contributed by atoms with Gasteiger partial charge in [-0.25, -0.2) is 0 Å². The van der Waals surface area contributed by atoms with Crippen molar-refractivity contribution in [2.75, 3.05) is 13.2 Å². The average molecular weight is 269 g/mol. The molecule has 0 aromatic heterocycles. The largest absolute Gasteiger partial charge is 0.381 e. The van der Waals surface area contributed by atoms with Crippen LogP contribution in [-0.4, -0.2) is 13.2 Å². The summed E-state index contributed by atoms with van der Waals surface area (Å²) in [4.78, 5) is 0. The lowest BCUT2D eigenvalue weighted by Crippen LogP contribution is -2.18. The Morgan fingerprint density at radius 2 is 1.90 bits per heavy atom. The Labute approximate surface area is 122 Å². The third-order valence-electron chi connectivity index (χ3n) is 4.18. The van der Waals surface area contributed by atoms with Crippen LogP contribution < -0.4 is 0 Å². The Morgan fingerprint density at radius 1 is 1.20 bits per heavy atom. The molecule has 0 saturated heterocycles. The molecule has 1 aliphatic carbocycles. The third kappa shape index (κ3) is 4.21. The fourth-order valence-corrected chi connectivity index (χ4v) is 2.91.